The summed E-state index contributed by atoms with van der Waals surface area (Å²) in [6.07, 6.45) is 5.75. The first kappa shape index (κ1) is 16.1. The molecule has 2 aromatic carbocycles. The average molecular weight is 331 g/mol. The Morgan fingerprint density at radius 2 is 1.56 bits per heavy atom. The second-order valence-electron chi connectivity index (χ2n) is 7.26. The number of aromatic nitrogens is 2. The van der Waals surface area contributed by atoms with Crippen LogP contribution in [0.3, 0.4) is 0 Å². The lowest BCUT2D eigenvalue weighted by molar-refractivity contribution is 0.573. The Hall–Kier alpha value is -2.42. The van der Waals surface area contributed by atoms with Crippen molar-refractivity contribution in [1.82, 2.24) is 9.97 Å². The van der Waals surface area contributed by atoms with Gasteiger partial charge in [0.1, 0.15) is 5.82 Å². The van der Waals surface area contributed by atoms with Crippen molar-refractivity contribution in [2.45, 2.75) is 39.0 Å². The molecular formula is C22H25N3. The van der Waals surface area contributed by atoms with E-state index in [2.05, 4.69) is 66.2 Å². The Labute approximate surface area is 149 Å². The van der Waals surface area contributed by atoms with Crippen molar-refractivity contribution < 1.29 is 0 Å². The van der Waals surface area contributed by atoms with Crippen molar-refractivity contribution in [3.8, 4) is 11.1 Å². The quantitative estimate of drug-likeness (QED) is 0.642. The molecule has 1 saturated heterocycles. The summed E-state index contributed by atoms with van der Waals surface area (Å²) in [5.41, 5.74) is 5.75. The molecule has 1 aliphatic rings. The van der Waals surface area contributed by atoms with E-state index in [1.807, 2.05) is 6.20 Å². The van der Waals surface area contributed by atoms with Gasteiger partial charge in [0.05, 0.1) is 17.2 Å². The van der Waals surface area contributed by atoms with Crippen molar-refractivity contribution in [1.29, 1.82) is 0 Å². The van der Waals surface area contributed by atoms with Crippen LogP contribution in [0.1, 0.15) is 44.6 Å². The Morgan fingerprint density at radius 1 is 0.840 bits per heavy atom. The predicted octanol–water partition coefficient (Wildman–Crippen LogP) is 5.41. The van der Waals surface area contributed by atoms with E-state index in [0.29, 0.717) is 5.92 Å². The van der Waals surface area contributed by atoms with Crippen molar-refractivity contribution in [3.05, 3.63) is 54.2 Å². The van der Waals surface area contributed by atoms with E-state index in [-0.39, 0.29) is 0 Å². The number of nitrogens with zero attached hydrogens (tertiary/aromatic N) is 3. The maximum Gasteiger partial charge on any atom is 0.147 e. The van der Waals surface area contributed by atoms with Gasteiger partial charge in [0.2, 0.25) is 0 Å². The van der Waals surface area contributed by atoms with Crippen LogP contribution in [0.5, 0.6) is 0 Å². The van der Waals surface area contributed by atoms with Crippen LogP contribution in [0.4, 0.5) is 5.82 Å². The van der Waals surface area contributed by atoms with E-state index in [9.17, 15) is 0 Å². The van der Waals surface area contributed by atoms with Gasteiger partial charge in [-0.05, 0) is 54.0 Å². The summed E-state index contributed by atoms with van der Waals surface area (Å²) in [4.78, 5) is 11.9. The van der Waals surface area contributed by atoms with E-state index < -0.39 is 0 Å². The first-order chi connectivity index (χ1) is 12.2. The average Bonchev–Trinajstić information content (AvgIpc) is 2.68. The number of fused-ring (bicyclic) bond motifs is 1. The molecule has 3 heteroatoms. The third-order valence-corrected chi connectivity index (χ3v) is 5.12. The molecule has 1 fully saturated rings. The molecule has 0 radical (unpaired) electrons. The van der Waals surface area contributed by atoms with Crippen LogP contribution in [0.25, 0.3) is 22.2 Å². The number of rotatable bonds is 3. The SMILES string of the molecule is CC(C)c1ccc(-c2ccc3ncc(N4CCCCC4)nc3c2)cc1. The van der Waals surface area contributed by atoms with Gasteiger partial charge in [-0.1, -0.05) is 44.2 Å². The summed E-state index contributed by atoms with van der Waals surface area (Å²) in [5.74, 6) is 1.57. The fourth-order valence-corrected chi connectivity index (χ4v) is 3.52. The van der Waals surface area contributed by atoms with Crippen molar-refractivity contribution in [2.75, 3.05) is 18.0 Å². The van der Waals surface area contributed by atoms with Crippen molar-refractivity contribution in [3.63, 3.8) is 0 Å². The first-order valence-electron chi connectivity index (χ1n) is 9.33. The van der Waals surface area contributed by atoms with Crippen LogP contribution < -0.4 is 4.90 Å². The number of anilines is 1. The summed E-state index contributed by atoms with van der Waals surface area (Å²) >= 11 is 0. The molecule has 2 heterocycles. The Bertz CT molecular complexity index is 862. The highest BCUT2D eigenvalue weighted by molar-refractivity contribution is 5.82. The van der Waals surface area contributed by atoms with E-state index in [1.54, 1.807) is 0 Å². The monoisotopic (exact) mass is 331 g/mol. The zero-order chi connectivity index (χ0) is 17.2. The van der Waals surface area contributed by atoms with Crippen molar-refractivity contribution >= 4 is 16.9 Å². The standard InChI is InChI=1S/C22H25N3/c1-16(2)17-6-8-18(9-7-17)19-10-11-20-21(14-19)24-22(15-23-20)25-12-4-3-5-13-25/h6-11,14-16H,3-5,12-13H2,1-2H3. The molecule has 25 heavy (non-hydrogen) atoms. The summed E-state index contributed by atoms with van der Waals surface area (Å²) in [6, 6.07) is 15.2. The lowest BCUT2D eigenvalue weighted by Gasteiger charge is -2.27. The topological polar surface area (TPSA) is 29.0 Å². The Morgan fingerprint density at radius 3 is 2.28 bits per heavy atom. The highest BCUT2D eigenvalue weighted by Crippen LogP contribution is 2.26. The van der Waals surface area contributed by atoms with Gasteiger partial charge in [-0.15, -0.1) is 0 Å². The van der Waals surface area contributed by atoms with Crippen LogP contribution in [-0.2, 0) is 0 Å². The van der Waals surface area contributed by atoms with Crippen molar-refractivity contribution in [2.24, 2.45) is 0 Å². The lowest BCUT2D eigenvalue weighted by Crippen LogP contribution is -2.30. The second-order valence-corrected chi connectivity index (χ2v) is 7.26. The fourth-order valence-electron chi connectivity index (χ4n) is 3.52. The van der Waals surface area contributed by atoms with Gasteiger partial charge in [-0.2, -0.15) is 0 Å². The summed E-state index contributed by atoms with van der Waals surface area (Å²) in [6.45, 7) is 6.64. The van der Waals surface area contributed by atoms with E-state index in [0.717, 1.165) is 29.9 Å². The predicted molar refractivity (Wildman–Crippen MR) is 105 cm³/mol. The molecule has 1 aliphatic heterocycles. The summed E-state index contributed by atoms with van der Waals surface area (Å²) < 4.78 is 0. The number of benzene rings is 2. The molecule has 128 valence electrons. The maximum atomic E-state index is 4.89. The summed E-state index contributed by atoms with van der Waals surface area (Å²) in [7, 11) is 0. The zero-order valence-corrected chi connectivity index (χ0v) is 15.1. The molecule has 1 aromatic heterocycles. The molecule has 0 N–H and O–H groups in total. The largest absolute Gasteiger partial charge is 0.355 e. The molecule has 3 nitrogen and oxygen atoms in total. The van der Waals surface area contributed by atoms with Gasteiger partial charge in [0.25, 0.3) is 0 Å². The zero-order valence-electron chi connectivity index (χ0n) is 15.1. The molecule has 3 aromatic rings. The molecule has 0 aliphatic carbocycles. The van der Waals surface area contributed by atoms with E-state index in [1.165, 1.54) is 36.0 Å². The third-order valence-electron chi connectivity index (χ3n) is 5.12. The molecule has 0 spiro atoms. The van der Waals surface area contributed by atoms with Gasteiger partial charge in [0, 0.05) is 13.1 Å². The number of piperidine rings is 1. The number of hydrogen-bond acceptors (Lipinski definition) is 3. The van der Waals surface area contributed by atoms with Gasteiger partial charge >= 0.3 is 0 Å². The van der Waals surface area contributed by atoms with Crippen LogP contribution in [0.2, 0.25) is 0 Å². The molecule has 0 saturated carbocycles. The Balaban J connectivity index is 1.68. The molecule has 0 atom stereocenters. The normalized spacial score (nSPS) is 15.1. The molecular weight excluding hydrogens is 306 g/mol. The minimum atomic E-state index is 0.559. The van der Waals surface area contributed by atoms with Gasteiger partial charge < -0.3 is 4.90 Å². The van der Waals surface area contributed by atoms with Crippen LogP contribution >= 0.6 is 0 Å². The molecule has 0 bridgehead atoms. The fraction of sp³-hybridized carbons (Fsp3) is 0.364. The molecule has 4 rings (SSSR count). The minimum Gasteiger partial charge on any atom is -0.355 e. The van der Waals surface area contributed by atoms with Crippen LogP contribution in [-0.4, -0.2) is 23.1 Å². The number of hydrogen-bond donors (Lipinski definition) is 0. The lowest BCUT2D eigenvalue weighted by atomic mass is 9.98. The maximum absolute atomic E-state index is 4.89. The summed E-state index contributed by atoms with van der Waals surface area (Å²) in [5, 5.41) is 0. The smallest absolute Gasteiger partial charge is 0.147 e. The van der Waals surface area contributed by atoms with Gasteiger partial charge in [-0.3, -0.25) is 4.98 Å². The Kier molecular flexibility index (Phi) is 4.39. The van der Waals surface area contributed by atoms with Gasteiger partial charge in [0.15, 0.2) is 0 Å². The highest BCUT2D eigenvalue weighted by atomic mass is 15.2. The molecule has 0 amide bonds. The molecule has 0 unspecified atom stereocenters. The minimum absolute atomic E-state index is 0.559. The van der Waals surface area contributed by atoms with Gasteiger partial charge in [-0.25, -0.2) is 4.98 Å². The third kappa shape index (κ3) is 3.37. The van der Waals surface area contributed by atoms with E-state index in [4.69, 9.17) is 4.98 Å². The van der Waals surface area contributed by atoms with Crippen LogP contribution in [0.15, 0.2) is 48.7 Å². The van der Waals surface area contributed by atoms with E-state index >= 15 is 0 Å². The second kappa shape index (κ2) is 6.83. The highest BCUT2D eigenvalue weighted by Gasteiger charge is 2.13. The van der Waals surface area contributed by atoms with Crippen LogP contribution in [0, 0.1) is 0 Å². The first-order valence-corrected chi connectivity index (χ1v) is 9.33.